The minimum Gasteiger partial charge on any atom is -0.480 e. The Balaban J connectivity index is 2.54. The number of thioether (sulfide) groups is 1. The third kappa shape index (κ3) is 4.30. The molecule has 0 spiro atoms. The minimum absolute atomic E-state index is 0.136. The molecule has 0 aromatic heterocycles. The molecule has 1 fully saturated rings. The molecule has 7 heteroatoms. The Kier molecular flexibility index (Phi) is 6.02. The lowest BCUT2D eigenvalue weighted by atomic mass is 9.94. The van der Waals surface area contributed by atoms with Gasteiger partial charge in [0.05, 0.1) is 5.41 Å². The van der Waals surface area contributed by atoms with Crippen LogP contribution in [0.5, 0.6) is 0 Å². The van der Waals surface area contributed by atoms with Crippen molar-refractivity contribution < 1.29 is 14.7 Å². The van der Waals surface area contributed by atoms with Gasteiger partial charge in [0.25, 0.3) is 0 Å². The lowest BCUT2D eigenvalue weighted by Gasteiger charge is -2.23. The van der Waals surface area contributed by atoms with Crippen molar-refractivity contribution in [2.75, 3.05) is 23.5 Å². The van der Waals surface area contributed by atoms with Gasteiger partial charge in [0.2, 0.25) is 5.91 Å². The molecule has 1 aliphatic rings. The van der Waals surface area contributed by atoms with Crippen molar-refractivity contribution in [3.8, 4) is 0 Å². The summed E-state index contributed by atoms with van der Waals surface area (Å²) in [6.07, 6.45) is 2.39. The molecule has 1 unspecified atom stereocenters. The molecule has 17 heavy (non-hydrogen) atoms. The number of hydrogen-bond donors (Lipinski definition) is 2. The Morgan fingerprint density at radius 2 is 2.06 bits per heavy atom. The molecule has 1 atom stereocenters. The van der Waals surface area contributed by atoms with Crippen molar-refractivity contribution in [3.63, 3.8) is 0 Å². The van der Waals surface area contributed by atoms with Crippen LogP contribution in [0.2, 0.25) is 0 Å². The number of hydrogen-bond acceptors (Lipinski definition) is 5. The largest absolute Gasteiger partial charge is 0.480 e. The van der Waals surface area contributed by atoms with Crippen LogP contribution in [-0.4, -0.2) is 46.5 Å². The summed E-state index contributed by atoms with van der Waals surface area (Å²) in [5, 5.41) is 11.7. The number of carbonyl (C=O) groups is 2. The van der Waals surface area contributed by atoms with Crippen molar-refractivity contribution in [2.24, 2.45) is 5.41 Å². The summed E-state index contributed by atoms with van der Waals surface area (Å²) in [4.78, 5) is 23.1. The van der Waals surface area contributed by atoms with Crippen LogP contribution in [0.25, 0.3) is 0 Å². The van der Waals surface area contributed by atoms with Gasteiger partial charge < -0.3 is 10.4 Å². The van der Waals surface area contributed by atoms with Crippen LogP contribution in [-0.2, 0) is 9.59 Å². The van der Waals surface area contributed by atoms with Gasteiger partial charge >= 0.3 is 5.97 Å². The predicted octanol–water partition coefficient (Wildman–Crippen LogP) is 1.71. The first kappa shape index (κ1) is 15.0. The SMILES string of the molecule is CSCCC(NC(=O)C1(C)CSSC1)C(=O)O. The zero-order chi connectivity index (χ0) is 12.9. The average molecular weight is 295 g/mol. The number of nitrogens with one attached hydrogen (secondary N) is 1. The van der Waals surface area contributed by atoms with Crippen LogP contribution in [0.3, 0.4) is 0 Å². The predicted molar refractivity (Wildman–Crippen MR) is 75.6 cm³/mol. The van der Waals surface area contributed by atoms with E-state index in [4.69, 9.17) is 5.11 Å². The van der Waals surface area contributed by atoms with E-state index in [9.17, 15) is 9.59 Å². The van der Waals surface area contributed by atoms with Crippen molar-refractivity contribution in [2.45, 2.75) is 19.4 Å². The summed E-state index contributed by atoms with van der Waals surface area (Å²) in [6, 6.07) is -0.762. The van der Waals surface area contributed by atoms with Gasteiger partial charge in [-0.3, -0.25) is 4.79 Å². The maximum Gasteiger partial charge on any atom is 0.326 e. The van der Waals surface area contributed by atoms with Crippen molar-refractivity contribution in [1.29, 1.82) is 0 Å². The fraction of sp³-hybridized carbons (Fsp3) is 0.800. The second-order valence-corrected chi connectivity index (χ2v) is 7.68. The summed E-state index contributed by atoms with van der Waals surface area (Å²) < 4.78 is 0. The third-order valence-electron chi connectivity index (χ3n) is 2.60. The number of carboxylic acids is 1. The van der Waals surface area contributed by atoms with Gasteiger partial charge in [-0.25, -0.2) is 4.79 Å². The van der Waals surface area contributed by atoms with Gasteiger partial charge in [0.1, 0.15) is 6.04 Å². The molecule has 2 N–H and O–H groups in total. The average Bonchev–Trinajstić information content (AvgIpc) is 2.72. The van der Waals surface area contributed by atoms with Gasteiger partial charge in [-0.15, -0.1) is 0 Å². The molecule has 1 saturated heterocycles. The molecular formula is C10H17NO3S3. The highest BCUT2D eigenvalue weighted by atomic mass is 33.1. The standard InChI is InChI=1S/C10H17NO3S3/c1-10(5-16-17-6-10)9(14)11-7(8(12)13)3-4-15-2/h7H,3-6H2,1-2H3,(H,11,14)(H,12,13). The van der Waals surface area contributed by atoms with Crippen molar-refractivity contribution >= 4 is 45.2 Å². The summed E-state index contributed by atoms with van der Waals surface area (Å²) in [7, 11) is 3.33. The molecule has 1 aliphatic heterocycles. The highest BCUT2D eigenvalue weighted by Gasteiger charge is 2.39. The summed E-state index contributed by atoms with van der Waals surface area (Å²) >= 11 is 1.58. The maximum absolute atomic E-state index is 12.0. The lowest BCUT2D eigenvalue weighted by molar-refractivity contribution is -0.143. The Morgan fingerprint density at radius 3 is 2.53 bits per heavy atom. The monoisotopic (exact) mass is 295 g/mol. The highest BCUT2D eigenvalue weighted by molar-refractivity contribution is 8.77. The Hall–Kier alpha value is -0.0100. The number of carbonyl (C=O) groups excluding carboxylic acids is 1. The first-order chi connectivity index (χ1) is 7.99. The van der Waals surface area contributed by atoms with E-state index < -0.39 is 17.4 Å². The number of aliphatic carboxylic acids is 1. The maximum atomic E-state index is 12.0. The second-order valence-electron chi connectivity index (χ2n) is 4.23. The molecule has 0 aliphatic carbocycles. The van der Waals surface area contributed by atoms with Gasteiger partial charge in [0, 0.05) is 11.5 Å². The minimum atomic E-state index is -0.950. The number of amides is 1. The van der Waals surface area contributed by atoms with E-state index in [0.29, 0.717) is 6.42 Å². The molecule has 0 bridgehead atoms. The zero-order valence-corrected chi connectivity index (χ0v) is 12.3. The van der Waals surface area contributed by atoms with Crippen molar-refractivity contribution in [1.82, 2.24) is 5.32 Å². The van der Waals surface area contributed by atoms with E-state index in [-0.39, 0.29) is 5.91 Å². The molecular weight excluding hydrogens is 278 g/mol. The van der Waals surface area contributed by atoms with E-state index >= 15 is 0 Å². The van der Waals surface area contributed by atoms with Crippen LogP contribution in [0.4, 0.5) is 0 Å². The van der Waals surface area contributed by atoms with Crippen LogP contribution >= 0.6 is 33.3 Å². The molecule has 0 saturated carbocycles. The first-order valence-corrected chi connectivity index (χ1v) is 9.15. The van der Waals surface area contributed by atoms with E-state index in [1.54, 1.807) is 33.3 Å². The molecule has 1 rings (SSSR count). The number of carboxylic acid groups (broad SMARTS) is 1. The first-order valence-electron chi connectivity index (χ1n) is 5.27. The van der Waals surface area contributed by atoms with Gasteiger partial charge in [-0.05, 0) is 25.4 Å². The van der Waals surface area contributed by atoms with Crippen LogP contribution in [0, 0.1) is 5.41 Å². The summed E-state index contributed by atoms with van der Waals surface area (Å²) in [5.74, 6) is 1.14. The van der Waals surface area contributed by atoms with E-state index in [0.717, 1.165) is 17.3 Å². The molecule has 0 aromatic rings. The van der Waals surface area contributed by atoms with Crippen LogP contribution in [0.1, 0.15) is 13.3 Å². The smallest absolute Gasteiger partial charge is 0.326 e. The molecule has 1 heterocycles. The Labute approximate surface area is 113 Å². The van der Waals surface area contributed by atoms with Crippen molar-refractivity contribution in [3.05, 3.63) is 0 Å². The molecule has 1 amide bonds. The van der Waals surface area contributed by atoms with Gasteiger partial charge in [-0.1, -0.05) is 21.6 Å². The number of rotatable bonds is 6. The van der Waals surface area contributed by atoms with Crippen LogP contribution in [0.15, 0.2) is 0 Å². The van der Waals surface area contributed by atoms with E-state index in [1.807, 2.05) is 13.2 Å². The third-order valence-corrected chi connectivity index (χ3v) is 6.13. The second kappa shape index (κ2) is 6.80. The molecule has 0 radical (unpaired) electrons. The van der Waals surface area contributed by atoms with E-state index in [1.165, 1.54) is 0 Å². The fourth-order valence-corrected chi connectivity index (χ4v) is 5.16. The van der Waals surface area contributed by atoms with Gasteiger partial charge in [0.15, 0.2) is 0 Å². The molecule has 98 valence electrons. The zero-order valence-electron chi connectivity index (χ0n) is 9.89. The lowest BCUT2D eigenvalue weighted by Crippen LogP contribution is -2.48. The molecule has 0 aromatic carbocycles. The summed E-state index contributed by atoms with van der Waals surface area (Å²) in [5.41, 5.74) is -0.428. The Bertz CT molecular complexity index is 293. The van der Waals surface area contributed by atoms with Crippen LogP contribution < -0.4 is 5.32 Å². The summed E-state index contributed by atoms with van der Waals surface area (Å²) in [6.45, 7) is 1.89. The Morgan fingerprint density at radius 1 is 1.47 bits per heavy atom. The van der Waals surface area contributed by atoms with Gasteiger partial charge in [-0.2, -0.15) is 11.8 Å². The fourth-order valence-electron chi connectivity index (χ4n) is 1.34. The topological polar surface area (TPSA) is 66.4 Å². The quantitative estimate of drug-likeness (QED) is 0.727. The normalized spacial score (nSPS) is 19.9. The van der Waals surface area contributed by atoms with E-state index in [2.05, 4.69) is 5.32 Å². The molecule has 4 nitrogen and oxygen atoms in total. The highest BCUT2D eigenvalue weighted by Crippen LogP contribution is 2.43.